The lowest BCUT2D eigenvalue weighted by atomic mass is 10.2. The number of nitrogens with zero attached hydrogens (tertiary/aromatic N) is 2. The molecule has 0 atom stereocenters. The van der Waals surface area contributed by atoms with Crippen LogP contribution < -0.4 is 10.5 Å². The summed E-state index contributed by atoms with van der Waals surface area (Å²) >= 11 is 0. The van der Waals surface area contributed by atoms with Crippen LogP contribution in [0.5, 0.6) is 5.88 Å². The number of rotatable bonds is 7. The van der Waals surface area contributed by atoms with Crippen LogP contribution in [0.4, 0.5) is 5.82 Å². The number of anilines is 1. The molecule has 1 aliphatic carbocycles. The van der Waals surface area contributed by atoms with Gasteiger partial charge >= 0.3 is 0 Å². The highest BCUT2D eigenvalue weighted by molar-refractivity contribution is 5.34. The van der Waals surface area contributed by atoms with Crippen molar-refractivity contribution in [2.45, 2.75) is 32.6 Å². The Labute approximate surface area is 108 Å². The summed E-state index contributed by atoms with van der Waals surface area (Å²) in [6.45, 7) is 6.05. The van der Waals surface area contributed by atoms with E-state index in [0.29, 0.717) is 36.7 Å². The molecule has 0 radical (unpaired) electrons. The molecule has 0 unspecified atom stereocenters. The Balaban J connectivity index is 1.78. The van der Waals surface area contributed by atoms with Gasteiger partial charge in [-0.25, -0.2) is 4.98 Å². The van der Waals surface area contributed by atoms with Gasteiger partial charge < -0.3 is 15.2 Å². The first-order valence-electron chi connectivity index (χ1n) is 6.50. The van der Waals surface area contributed by atoms with E-state index < -0.39 is 0 Å². The third kappa shape index (κ3) is 4.14. The predicted molar refractivity (Wildman–Crippen MR) is 69.6 cm³/mol. The quantitative estimate of drug-likeness (QED) is 0.750. The average molecular weight is 251 g/mol. The molecule has 0 bridgehead atoms. The summed E-state index contributed by atoms with van der Waals surface area (Å²) in [5, 5.41) is 0. The molecule has 1 fully saturated rings. The van der Waals surface area contributed by atoms with E-state index >= 15 is 0 Å². The maximum Gasteiger partial charge on any atom is 0.218 e. The number of ether oxygens (including phenoxy) is 2. The largest absolute Gasteiger partial charge is 0.475 e. The lowest BCUT2D eigenvalue weighted by molar-refractivity contribution is 0.0805. The van der Waals surface area contributed by atoms with Crippen LogP contribution in [0.1, 0.15) is 38.4 Å². The van der Waals surface area contributed by atoms with Gasteiger partial charge in [0.15, 0.2) is 0 Å². The number of aromatic nitrogens is 2. The summed E-state index contributed by atoms with van der Waals surface area (Å²) < 4.78 is 11.0. The normalized spacial score (nSPS) is 15.1. The minimum absolute atomic E-state index is 0.477. The molecule has 0 saturated heterocycles. The summed E-state index contributed by atoms with van der Waals surface area (Å²) in [5.41, 5.74) is 5.73. The van der Waals surface area contributed by atoms with Crippen LogP contribution in [-0.4, -0.2) is 29.8 Å². The van der Waals surface area contributed by atoms with Crippen molar-refractivity contribution >= 4 is 5.82 Å². The van der Waals surface area contributed by atoms with Crippen LogP contribution in [0, 0.1) is 5.92 Å². The Morgan fingerprint density at radius 3 is 2.78 bits per heavy atom. The van der Waals surface area contributed by atoms with Gasteiger partial charge in [-0.2, -0.15) is 4.98 Å². The first kappa shape index (κ1) is 13.1. The molecule has 2 rings (SSSR count). The van der Waals surface area contributed by atoms with E-state index in [-0.39, 0.29) is 0 Å². The van der Waals surface area contributed by atoms with Crippen molar-refractivity contribution in [1.29, 1.82) is 0 Å². The van der Waals surface area contributed by atoms with Crippen molar-refractivity contribution in [2.75, 3.05) is 25.6 Å². The molecule has 2 N–H and O–H groups in total. The van der Waals surface area contributed by atoms with Crippen molar-refractivity contribution in [2.24, 2.45) is 5.92 Å². The van der Waals surface area contributed by atoms with Gasteiger partial charge in [0.2, 0.25) is 5.88 Å². The minimum atomic E-state index is 0.477. The highest BCUT2D eigenvalue weighted by Gasteiger charge is 2.27. The zero-order valence-corrected chi connectivity index (χ0v) is 11.1. The molecule has 1 saturated carbocycles. The Kier molecular flexibility index (Phi) is 4.36. The van der Waals surface area contributed by atoms with E-state index in [1.807, 2.05) is 0 Å². The maximum absolute atomic E-state index is 5.73. The number of hydrogen-bond donors (Lipinski definition) is 1. The smallest absolute Gasteiger partial charge is 0.218 e. The van der Waals surface area contributed by atoms with Gasteiger partial charge in [-0.05, 0) is 18.8 Å². The molecule has 5 nitrogen and oxygen atoms in total. The van der Waals surface area contributed by atoms with Crippen molar-refractivity contribution in [3.63, 3.8) is 0 Å². The van der Waals surface area contributed by atoms with Crippen molar-refractivity contribution < 1.29 is 9.47 Å². The van der Waals surface area contributed by atoms with Crippen LogP contribution in [0.2, 0.25) is 0 Å². The predicted octanol–water partition coefficient (Wildman–Crippen LogP) is 1.99. The Morgan fingerprint density at radius 1 is 1.33 bits per heavy atom. The molecular formula is C13H21N3O2. The van der Waals surface area contributed by atoms with Gasteiger partial charge in [0, 0.05) is 18.6 Å². The fraction of sp³-hybridized carbons (Fsp3) is 0.692. The third-order valence-corrected chi connectivity index (χ3v) is 2.61. The molecule has 100 valence electrons. The molecule has 1 aromatic heterocycles. The van der Waals surface area contributed by atoms with E-state index in [2.05, 4.69) is 23.8 Å². The van der Waals surface area contributed by atoms with E-state index in [1.165, 1.54) is 0 Å². The SMILES string of the molecule is CC(C)COCCOc1cc(N)nc(C2CC2)n1. The van der Waals surface area contributed by atoms with Crippen LogP contribution in [0.25, 0.3) is 0 Å². The Hall–Kier alpha value is -1.36. The molecule has 0 aliphatic heterocycles. The number of hydrogen-bond acceptors (Lipinski definition) is 5. The second kappa shape index (κ2) is 6.00. The molecule has 1 heterocycles. The second-order valence-electron chi connectivity index (χ2n) is 5.08. The highest BCUT2D eigenvalue weighted by atomic mass is 16.5. The van der Waals surface area contributed by atoms with Crippen LogP contribution >= 0.6 is 0 Å². The average Bonchev–Trinajstić information content (AvgIpc) is 3.11. The van der Waals surface area contributed by atoms with E-state index in [0.717, 1.165) is 25.3 Å². The molecule has 5 heteroatoms. The molecule has 1 aromatic rings. The standard InChI is InChI=1S/C13H21N3O2/c1-9(2)8-17-5-6-18-12-7-11(14)15-13(16-12)10-3-4-10/h7,9-10H,3-6,8H2,1-2H3,(H2,14,15,16). The van der Waals surface area contributed by atoms with Gasteiger partial charge in [0.05, 0.1) is 6.61 Å². The summed E-state index contributed by atoms with van der Waals surface area (Å²) in [6, 6.07) is 1.66. The molecular weight excluding hydrogens is 230 g/mol. The fourth-order valence-corrected chi connectivity index (χ4v) is 1.58. The van der Waals surface area contributed by atoms with Crippen LogP contribution in [-0.2, 0) is 4.74 Å². The van der Waals surface area contributed by atoms with Gasteiger partial charge in [-0.15, -0.1) is 0 Å². The summed E-state index contributed by atoms with van der Waals surface area (Å²) in [7, 11) is 0. The topological polar surface area (TPSA) is 70.3 Å². The summed E-state index contributed by atoms with van der Waals surface area (Å²) in [5.74, 6) is 2.87. The Bertz CT molecular complexity index is 392. The van der Waals surface area contributed by atoms with Gasteiger partial charge in [-0.3, -0.25) is 0 Å². The fourth-order valence-electron chi connectivity index (χ4n) is 1.58. The minimum Gasteiger partial charge on any atom is -0.475 e. The van der Waals surface area contributed by atoms with Crippen LogP contribution in [0.3, 0.4) is 0 Å². The zero-order chi connectivity index (χ0) is 13.0. The van der Waals surface area contributed by atoms with Gasteiger partial charge in [-0.1, -0.05) is 13.8 Å². The monoisotopic (exact) mass is 251 g/mol. The second-order valence-corrected chi connectivity index (χ2v) is 5.08. The summed E-state index contributed by atoms with van der Waals surface area (Å²) in [6.07, 6.45) is 2.31. The third-order valence-electron chi connectivity index (χ3n) is 2.61. The number of nitrogens with two attached hydrogens (primary N) is 1. The molecule has 0 aromatic carbocycles. The zero-order valence-electron chi connectivity index (χ0n) is 11.1. The lowest BCUT2D eigenvalue weighted by Gasteiger charge is -2.09. The van der Waals surface area contributed by atoms with Crippen molar-refractivity contribution in [3.05, 3.63) is 11.9 Å². The number of nitrogen functional groups attached to an aromatic ring is 1. The lowest BCUT2D eigenvalue weighted by Crippen LogP contribution is -2.11. The first-order valence-corrected chi connectivity index (χ1v) is 6.50. The molecule has 1 aliphatic rings. The van der Waals surface area contributed by atoms with E-state index in [9.17, 15) is 0 Å². The van der Waals surface area contributed by atoms with E-state index in [4.69, 9.17) is 15.2 Å². The molecule has 0 amide bonds. The van der Waals surface area contributed by atoms with Crippen LogP contribution in [0.15, 0.2) is 6.07 Å². The molecule has 18 heavy (non-hydrogen) atoms. The van der Waals surface area contributed by atoms with Gasteiger partial charge in [0.25, 0.3) is 0 Å². The van der Waals surface area contributed by atoms with Gasteiger partial charge in [0.1, 0.15) is 18.2 Å². The highest BCUT2D eigenvalue weighted by Crippen LogP contribution is 2.38. The summed E-state index contributed by atoms with van der Waals surface area (Å²) in [4.78, 5) is 8.58. The van der Waals surface area contributed by atoms with Crippen molar-refractivity contribution in [3.8, 4) is 5.88 Å². The maximum atomic E-state index is 5.73. The first-order chi connectivity index (χ1) is 8.65. The Morgan fingerprint density at radius 2 is 2.11 bits per heavy atom. The van der Waals surface area contributed by atoms with Crippen molar-refractivity contribution in [1.82, 2.24) is 9.97 Å². The molecule has 0 spiro atoms. The van der Waals surface area contributed by atoms with E-state index in [1.54, 1.807) is 6.07 Å².